The maximum Gasteiger partial charge on any atom is 0.0552 e. The molecule has 1 aromatic rings. The van der Waals surface area contributed by atoms with Gasteiger partial charge in [-0.1, -0.05) is 36.9 Å². The fourth-order valence-electron chi connectivity index (χ4n) is 1.13. The molecule has 1 nitrogen and oxygen atoms in total. The molecule has 0 saturated carbocycles. The first kappa shape index (κ1) is 9.01. The molecule has 0 aliphatic carbocycles. The Balaban J connectivity index is 2.71. The van der Waals surface area contributed by atoms with Gasteiger partial charge in [-0.05, 0) is 24.5 Å². The van der Waals surface area contributed by atoms with Gasteiger partial charge in [0.05, 0.1) is 6.10 Å². The van der Waals surface area contributed by atoms with Gasteiger partial charge in [0, 0.05) is 0 Å². The van der Waals surface area contributed by atoms with Crippen molar-refractivity contribution in [1.82, 2.24) is 0 Å². The van der Waals surface area contributed by atoms with Crippen LogP contribution in [0.3, 0.4) is 0 Å². The molecule has 1 rings (SSSR count). The van der Waals surface area contributed by atoms with Gasteiger partial charge in [-0.15, -0.1) is 0 Å². The number of hydrogen-bond donors (Lipinski definition) is 1. The zero-order chi connectivity index (χ0) is 8.97. The number of rotatable bonds is 3. The van der Waals surface area contributed by atoms with Crippen LogP contribution in [0.5, 0.6) is 0 Å². The van der Waals surface area contributed by atoms with Crippen molar-refractivity contribution in [2.45, 2.75) is 19.4 Å². The lowest BCUT2D eigenvalue weighted by molar-refractivity contribution is 0.195. The van der Waals surface area contributed by atoms with Crippen LogP contribution in [0.25, 0.3) is 6.08 Å². The van der Waals surface area contributed by atoms with Crippen molar-refractivity contribution in [2.24, 2.45) is 0 Å². The fourth-order valence-corrected chi connectivity index (χ4v) is 1.13. The molecular weight excluding hydrogens is 148 g/mol. The van der Waals surface area contributed by atoms with Crippen LogP contribution in [-0.2, 0) is 6.42 Å². The SMILES string of the molecule is C=Cc1ccc(CC(C)O)cc1. The largest absolute Gasteiger partial charge is 0.393 e. The second kappa shape index (κ2) is 4.07. The molecule has 0 aliphatic rings. The first-order valence-corrected chi connectivity index (χ1v) is 4.12. The summed E-state index contributed by atoms with van der Waals surface area (Å²) in [6.45, 7) is 5.47. The molecule has 0 bridgehead atoms. The molecule has 1 N–H and O–H groups in total. The standard InChI is InChI=1S/C11H14O/c1-3-10-4-6-11(7-5-10)8-9(2)12/h3-7,9,12H,1,8H2,2H3. The van der Waals surface area contributed by atoms with Crippen molar-refractivity contribution in [1.29, 1.82) is 0 Å². The van der Waals surface area contributed by atoms with Crippen LogP contribution >= 0.6 is 0 Å². The molecule has 0 spiro atoms. The summed E-state index contributed by atoms with van der Waals surface area (Å²) in [5.41, 5.74) is 2.28. The normalized spacial score (nSPS) is 12.5. The van der Waals surface area contributed by atoms with E-state index in [0.717, 1.165) is 17.5 Å². The van der Waals surface area contributed by atoms with E-state index in [0.29, 0.717) is 0 Å². The van der Waals surface area contributed by atoms with Crippen molar-refractivity contribution < 1.29 is 5.11 Å². The Morgan fingerprint density at radius 3 is 2.42 bits per heavy atom. The van der Waals surface area contributed by atoms with Gasteiger partial charge in [0.1, 0.15) is 0 Å². The minimum atomic E-state index is -0.264. The Bertz CT molecular complexity index is 246. The third-order valence-corrected chi connectivity index (χ3v) is 1.75. The molecule has 0 radical (unpaired) electrons. The van der Waals surface area contributed by atoms with Crippen molar-refractivity contribution >= 4 is 6.08 Å². The average molecular weight is 162 g/mol. The lowest BCUT2D eigenvalue weighted by Crippen LogP contribution is -2.03. The zero-order valence-corrected chi connectivity index (χ0v) is 7.33. The number of aliphatic hydroxyl groups is 1. The van der Waals surface area contributed by atoms with Gasteiger partial charge < -0.3 is 5.11 Å². The van der Waals surface area contributed by atoms with Gasteiger partial charge in [0.15, 0.2) is 0 Å². The molecule has 0 heterocycles. The highest BCUT2D eigenvalue weighted by Crippen LogP contribution is 2.07. The van der Waals surface area contributed by atoms with Crippen molar-refractivity contribution in [2.75, 3.05) is 0 Å². The van der Waals surface area contributed by atoms with Gasteiger partial charge in [-0.2, -0.15) is 0 Å². The van der Waals surface area contributed by atoms with Crippen molar-refractivity contribution in [3.8, 4) is 0 Å². The monoisotopic (exact) mass is 162 g/mol. The Kier molecular flexibility index (Phi) is 3.06. The molecule has 0 saturated heterocycles. The van der Waals surface area contributed by atoms with E-state index in [-0.39, 0.29) is 6.10 Å². The van der Waals surface area contributed by atoms with E-state index in [9.17, 15) is 0 Å². The lowest BCUT2D eigenvalue weighted by Gasteiger charge is -2.03. The first-order chi connectivity index (χ1) is 5.72. The summed E-state index contributed by atoms with van der Waals surface area (Å²) in [5, 5.41) is 9.11. The smallest absolute Gasteiger partial charge is 0.0552 e. The maximum absolute atomic E-state index is 9.11. The number of benzene rings is 1. The van der Waals surface area contributed by atoms with E-state index in [2.05, 4.69) is 6.58 Å². The minimum absolute atomic E-state index is 0.264. The molecule has 1 heteroatoms. The minimum Gasteiger partial charge on any atom is -0.393 e. The average Bonchev–Trinajstić information content (AvgIpc) is 2.05. The van der Waals surface area contributed by atoms with Gasteiger partial charge in [-0.3, -0.25) is 0 Å². The van der Waals surface area contributed by atoms with Crippen LogP contribution in [0.4, 0.5) is 0 Å². The van der Waals surface area contributed by atoms with Gasteiger partial charge in [-0.25, -0.2) is 0 Å². The number of aliphatic hydroxyl groups excluding tert-OH is 1. The molecule has 0 aliphatic heterocycles. The number of hydrogen-bond acceptors (Lipinski definition) is 1. The first-order valence-electron chi connectivity index (χ1n) is 4.12. The van der Waals surface area contributed by atoms with E-state index in [1.54, 1.807) is 6.92 Å². The quantitative estimate of drug-likeness (QED) is 0.722. The Hall–Kier alpha value is -1.08. The maximum atomic E-state index is 9.11. The van der Waals surface area contributed by atoms with Gasteiger partial charge in [0.2, 0.25) is 0 Å². The Morgan fingerprint density at radius 2 is 2.00 bits per heavy atom. The highest BCUT2D eigenvalue weighted by Gasteiger charge is 1.97. The molecule has 1 atom stereocenters. The second-order valence-corrected chi connectivity index (χ2v) is 3.00. The van der Waals surface area contributed by atoms with Crippen LogP contribution < -0.4 is 0 Å². The summed E-state index contributed by atoms with van der Waals surface area (Å²) < 4.78 is 0. The molecular formula is C11H14O. The zero-order valence-electron chi connectivity index (χ0n) is 7.33. The topological polar surface area (TPSA) is 20.2 Å². The van der Waals surface area contributed by atoms with Crippen molar-refractivity contribution in [3.05, 3.63) is 42.0 Å². The molecule has 0 aromatic heterocycles. The molecule has 1 unspecified atom stereocenters. The van der Waals surface area contributed by atoms with Crippen LogP contribution in [0.2, 0.25) is 0 Å². The summed E-state index contributed by atoms with van der Waals surface area (Å²) in [7, 11) is 0. The predicted octanol–water partition coefficient (Wildman–Crippen LogP) is 2.25. The predicted molar refractivity (Wildman–Crippen MR) is 51.9 cm³/mol. The molecule has 0 amide bonds. The van der Waals surface area contributed by atoms with E-state index in [4.69, 9.17) is 5.11 Å². The molecule has 12 heavy (non-hydrogen) atoms. The van der Waals surface area contributed by atoms with Gasteiger partial charge >= 0.3 is 0 Å². The highest BCUT2D eigenvalue weighted by atomic mass is 16.3. The van der Waals surface area contributed by atoms with Crippen LogP contribution in [0, 0.1) is 0 Å². The molecule has 0 fully saturated rings. The fraction of sp³-hybridized carbons (Fsp3) is 0.273. The van der Waals surface area contributed by atoms with E-state index in [1.807, 2.05) is 30.3 Å². The summed E-state index contributed by atoms with van der Waals surface area (Å²) in [4.78, 5) is 0. The van der Waals surface area contributed by atoms with Crippen molar-refractivity contribution in [3.63, 3.8) is 0 Å². The lowest BCUT2D eigenvalue weighted by atomic mass is 10.1. The molecule has 64 valence electrons. The third kappa shape index (κ3) is 2.51. The third-order valence-electron chi connectivity index (χ3n) is 1.75. The second-order valence-electron chi connectivity index (χ2n) is 3.00. The van der Waals surface area contributed by atoms with Crippen LogP contribution in [0.15, 0.2) is 30.8 Å². The summed E-state index contributed by atoms with van der Waals surface area (Å²) in [6, 6.07) is 8.04. The van der Waals surface area contributed by atoms with Gasteiger partial charge in [0.25, 0.3) is 0 Å². The Labute approximate surface area is 73.4 Å². The highest BCUT2D eigenvalue weighted by molar-refractivity contribution is 5.47. The van der Waals surface area contributed by atoms with E-state index < -0.39 is 0 Å². The Morgan fingerprint density at radius 1 is 1.42 bits per heavy atom. The molecule has 1 aromatic carbocycles. The van der Waals surface area contributed by atoms with Crippen LogP contribution in [0.1, 0.15) is 18.1 Å². The van der Waals surface area contributed by atoms with E-state index >= 15 is 0 Å². The summed E-state index contributed by atoms with van der Waals surface area (Å²) >= 11 is 0. The summed E-state index contributed by atoms with van der Waals surface area (Å²) in [6.07, 6.45) is 2.27. The summed E-state index contributed by atoms with van der Waals surface area (Å²) in [5.74, 6) is 0. The van der Waals surface area contributed by atoms with E-state index in [1.165, 1.54) is 0 Å². The van der Waals surface area contributed by atoms with Crippen LogP contribution in [-0.4, -0.2) is 11.2 Å².